The van der Waals surface area contributed by atoms with E-state index in [1.54, 1.807) is 0 Å². The number of aromatic nitrogens is 2. The fourth-order valence-corrected chi connectivity index (χ4v) is 2.44. The van der Waals surface area contributed by atoms with E-state index in [9.17, 15) is 0 Å². The molecule has 0 unspecified atom stereocenters. The minimum atomic E-state index is 0.248. The van der Waals surface area contributed by atoms with Gasteiger partial charge in [0.15, 0.2) is 5.69 Å². The summed E-state index contributed by atoms with van der Waals surface area (Å²) in [4.78, 5) is 8.19. The smallest absolute Gasteiger partial charge is 0.249 e. The fraction of sp³-hybridized carbons (Fsp3) is 0.158. The van der Waals surface area contributed by atoms with Crippen molar-refractivity contribution in [1.29, 1.82) is 0 Å². The maximum absolute atomic E-state index is 6.10. The molecule has 2 N–H and O–H groups in total. The number of halogens is 1. The predicted molar refractivity (Wildman–Crippen MR) is 101 cm³/mol. The predicted octanol–water partition coefficient (Wildman–Crippen LogP) is 5.53. The van der Waals surface area contributed by atoms with E-state index in [-0.39, 0.29) is 17.4 Å². The quantitative estimate of drug-likeness (QED) is 0.610. The number of rotatable bonds is 5. The first-order valence-electron chi connectivity index (χ1n) is 7.84. The van der Waals surface area contributed by atoms with Crippen LogP contribution in [0.4, 0.5) is 5.69 Å². The highest BCUT2D eigenvalue weighted by molar-refractivity contribution is 9.10. The molecule has 0 fully saturated rings. The summed E-state index contributed by atoms with van der Waals surface area (Å²) in [6.07, 6.45) is 1.36. The van der Waals surface area contributed by atoms with Crippen LogP contribution < -0.4 is 15.2 Å². The van der Waals surface area contributed by atoms with Gasteiger partial charge in [-0.15, -0.1) is 0 Å². The molecule has 0 amide bonds. The molecule has 128 valence electrons. The molecule has 0 aliphatic rings. The average Bonchev–Trinajstić information content (AvgIpc) is 2.61. The minimum Gasteiger partial charge on any atom is -0.437 e. The van der Waals surface area contributed by atoms with Crippen molar-refractivity contribution in [2.75, 3.05) is 5.73 Å². The van der Waals surface area contributed by atoms with Gasteiger partial charge in [-0.3, -0.25) is 0 Å². The Hall–Kier alpha value is -2.60. The minimum absolute atomic E-state index is 0.248. The van der Waals surface area contributed by atoms with Gasteiger partial charge in [-0.25, -0.2) is 0 Å². The maximum Gasteiger partial charge on any atom is 0.249 e. The molecule has 1 heterocycles. The molecule has 1 aromatic heterocycles. The highest BCUT2D eigenvalue weighted by atomic mass is 79.9. The first-order chi connectivity index (χ1) is 12.0. The molecule has 25 heavy (non-hydrogen) atoms. The van der Waals surface area contributed by atoms with Gasteiger partial charge in [0.05, 0.1) is 0 Å². The van der Waals surface area contributed by atoms with E-state index in [1.165, 1.54) is 11.9 Å². The summed E-state index contributed by atoms with van der Waals surface area (Å²) in [5, 5.41) is 0. The lowest BCUT2D eigenvalue weighted by Gasteiger charge is -2.12. The van der Waals surface area contributed by atoms with E-state index in [0.29, 0.717) is 17.4 Å². The van der Waals surface area contributed by atoms with Crippen LogP contribution in [0.3, 0.4) is 0 Å². The second-order valence-corrected chi connectivity index (χ2v) is 6.70. The van der Waals surface area contributed by atoms with Crippen molar-refractivity contribution in [3.63, 3.8) is 0 Å². The number of benzene rings is 2. The van der Waals surface area contributed by atoms with E-state index >= 15 is 0 Å². The summed E-state index contributed by atoms with van der Waals surface area (Å²) in [5.74, 6) is 2.26. The molecule has 0 saturated carbocycles. The Morgan fingerprint density at radius 2 is 1.32 bits per heavy atom. The van der Waals surface area contributed by atoms with Crippen LogP contribution in [-0.2, 0) is 0 Å². The highest BCUT2D eigenvalue weighted by Crippen LogP contribution is 2.33. The number of anilines is 1. The summed E-state index contributed by atoms with van der Waals surface area (Å²) >= 11 is 3.38. The lowest BCUT2D eigenvalue weighted by Crippen LogP contribution is -2.00. The van der Waals surface area contributed by atoms with E-state index in [2.05, 4.69) is 39.7 Å². The van der Waals surface area contributed by atoms with Gasteiger partial charge in [0.2, 0.25) is 11.8 Å². The van der Waals surface area contributed by atoms with Crippen molar-refractivity contribution in [1.82, 2.24) is 9.97 Å². The van der Waals surface area contributed by atoms with Gasteiger partial charge in [0.25, 0.3) is 0 Å². The van der Waals surface area contributed by atoms with Gasteiger partial charge in [-0.1, -0.05) is 41.9 Å². The second kappa shape index (κ2) is 7.53. The summed E-state index contributed by atoms with van der Waals surface area (Å²) in [5.41, 5.74) is 7.59. The lowest BCUT2D eigenvalue weighted by atomic mass is 10.0. The molecule has 3 aromatic rings. The van der Waals surface area contributed by atoms with Crippen LogP contribution in [0.2, 0.25) is 0 Å². The van der Waals surface area contributed by atoms with Crippen LogP contribution in [0.25, 0.3) is 0 Å². The molecule has 5 nitrogen and oxygen atoms in total. The van der Waals surface area contributed by atoms with E-state index in [0.717, 1.165) is 4.47 Å². The van der Waals surface area contributed by atoms with Crippen LogP contribution >= 0.6 is 15.9 Å². The monoisotopic (exact) mass is 399 g/mol. The first-order valence-corrected chi connectivity index (χ1v) is 8.64. The fourth-order valence-electron chi connectivity index (χ4n) is 2.17. The van der Waals surface area contributed by atoms with Gasteiger partial charge < -0.3 is 15.2 Å². The molecule has 2 aromatic carbocycles. The number of nitrogens with zero attached hydrogens (tertiary/aromatic N) is 2. The van der Waals surface area contributed by atoms with Crippen LogP contribution in [0, 0.1) is 0 Å². The molecule has 0 saturated heterocycles. The number of nitrogens with two attached hydrogens (primary N) is 1. The zero-order valence-corrected chi connectivity index (χ0v) is 15.5. The number of hydrogen-bond acceptors (Lipinski definition) is 5. The Labute approximate surface area is 155 Å². The highest BCUT2D eigenvalue weighted by Gasteiger charge is 2.12. The Kier molecular flexibility index (Phi) is 5.19. The van der Waals surface area contributed by atoms with Crippen LogP contribution in [-0.4, -0.2) is 9.97 Å². The number of hydrogen-bond donors (Lipinski definition) is 1. The number of ether oxygens (including phenoxy) is 2. The Bertz CT molecular complexity index is 850. The van der Waals surface area contributed by atoms with Crippen molar-refractivity contribution in [3.05, 3.63) is 64.9 Å². The van der Waals surface area contributed by atoms with Gasteiger partial charge in [0, 0.05) is 4.47 Å². The third-order valence-electron chi connectivity index (χ3n) is 3.60. The van der Waals surface area contributed by atoms with Crippen molar-refractivity contribution >= 4 is 21.6 Å². The van der Waals surface area contributed by atoms with E-state index in [1.807, 2.05) is 48.5 Å². The van der Waals surface area contributed by atoms with E-state index in [4.69, 9.17) is 15.2 Å². The van der Waals surface area contributed by atoms with Gasteiger partial charge in [-0.05, 0) is 47.9 Å². The summed E-state index contributed by atoms with van der Waals surface area (Å²) in [6, 6.07) is 15.2. The zero-order chi connectivity index (χ0) is 17.8. The molecule has 0 aliphatic heterocycles. The molecule has 3 rings (SSSR count). The van der Waals surface area contributed by atoms with Crippen molar-refractivity contribution < 1.29 is 9.47 Å². The van der Waals surface area contributed by atoms with Crippen molar-refractivity contribution in [2.24, 2.45) is 0 Å². The molecule has 0 spiro atoms. The Morgan fingerprint density at radius 1 is 0.840 bits per heavy atom. The molecular weight excluding hydrogens is 382 g/mol. The molecule has 6 heteroatoms. The second-order valence-electron chi connectivity index (χ2n) is 5.78. The largest absolute Gasteiger partial charge is 0.437 e. The molecular formula is C19H18BrN3O2. The normalized spacial score (nSPS) is 10.7. The molecule has 0 aliphatic carbocycles. The van der Waals surface area contributed by atoms with Gasteiger partial charge >= 0.3 is 0 Å². The Balaban J connectivity index is 1.79. The summed E-state index contributed by atoms with van der Waals surface area (Å²) in [7, 11) is 0. The van der Waals surface area contributed by atoms with Crippen LogP contribution in [0.5, 0.6) is 23.3 Å². The standard InChI is InChI=1S/C19H18BrN3O2/c1-12(2)13-3-7-15(8-4-13)24-18-17(21)19(23-11-22-18)25-16-9-5-14(20)6-10-16/h3-12H,21H2,1-2H3. The maximum atomic E-state index is 6.10. The van der Waals surface area contributed by atoms with Crippen LogP contribution in [0.1, 0.15) is 25.3 Å². The van der Waals surface area contributed by atoms with E-state index < -0.39 is 0 Å². The van der Waals surface area contributed by atoms with Crippen molar-refractivity contribution in [3.8, 4) is 23.3 Å². The summed E-state index contributed by atoms with van der Waals surface area (Å²) < 4.78 is 12.5. The van der Waals surface area contributed by atoms with Crippen LogP contribution in [0.15, 0.2) is 59.3 Å². The SMILES string of the molecule is CC(C)c1ccc(Oc2ncnc(Oc3ccc(Br)cc3)c2N)cc1. The molecule has 0 radical (unpaired) electrons. The third kappa shape index (κ3) is 4.28. The van der Waals surface area contributed by atoms with Gasteiger partial charge in [-0.2, -0.15) is 9.97 Å². The molecule has 0 bridgehead atoms. The Morgan fingerprint density at radius 3 is 1.80 bits per heavy atom. The van der Waals surface area contributed by atoms with Gasteiger partial charge in [0.1, 0.15) is 17.8 Å². The molecule has 0 atom stereocenters. The number of nitrogen functional groups attached to an aromatic ring is 1. The topological polar surface area (TPSA) is 70.3 Å². The average molecular weight is 400 g/mol. The summed E-state index contributed by atoms with van der Waals surface area (Å²) in [6.45, 7) is 4.29. The van der Waals surface area contributed by atoms with Crippen molar-refractivity contribution in [2.45, 2.75) is 19.8 Å². The first kappa shape index (κ1) is 17.2. The third-order valence-corrected chi connectivity index (χ3v) is 4.13. The lowest BCUT2D eigenvalue weighted by molar-refractivity contribution is 0.438. The zero-order valence-electron chi connectivity index (χ0n) is 13.9.